The van der Waals surface area contributed by atoms with E-state index in [4.69, 9.17) is 0 Å². The minimum Gasteiger partial charge on any atom is -0.343 e. The van der Waals surface area contributed by atoms with Crippen molar-refractivity contribution in [3.63, 3.8) is 0 Å². The molecule has 1 N–H and O–H groups in total. The number of piperazine rings is 1. The second-order valence-electron chi connectivity index (χ2n) is 5.15. The lowest BCUT2D eigenvalue weighted by Crippen LogP contribution is -2.67. The molecule has 1 unspecified atom stereocenters. The van der Waals surface area contributed by atoms with Crippen LogP contribution < -0.4 is 5.32 Å². The number of amides is 2. The first-order valence-electron chi connectivity index (χ1n) is 5.55. The average Bonchev–Trinajstić information content (AvgIpc) is 2.94. The predicted octanol–water partition coefficient (Wildman–Crippen LogP) is 0.522. The summed E-state index contributed by atoms with van der Waals surface area (Å²) in [6.07, 6.45) is 2.38. The van der Waals surface area contributed by atoms with Crippen molar-refractivity contribution in [2.45, 2.75) is 45.2 Å². The molecular formula is C11H18N2O2. The third-order valence-electron chi connectivity index (χ3n) is 3.35. The minimum absolute atomic E-state index is 0.0461. The van der Waals surface area contributed by atoms with E-state index in [0.717, 1.165) is 6.54 Å². The highest BCUT2D eigenvalue weighted by atomic mass is 16.2. The molecule has 0 aromatic rings. The Kier molecular flexibility index (Phi) is 2.24. The second kappa shape index (κ2) is 3.22. The number of hydrogen-bond donors (Lipinski definition) is 1. The van der Waals surface area contributed by atoms with Crippen LogP contribution in [0.1, 0.15) is 33.6 Å². The Balaban J connectivity index is 2.19. The van der Waals surface area contributed by atoms with E-state index in [0.29, 0.717) is 5.92 Å². The summed E-state index contributed by atoms with van der Waals surface area (Å²) in [7, 11) is 0. The monoisotopic (exact) mass is 210 g/mol. The summed E-state index contributed by atoms with van der Waals surface area (Å²) in [5, 5.41) is 2.71. The highest BCUT2D eigenvalue weighted by molar-refractivity contribution is 5.99. The van der Waals surface area contributed by atoms with Crippen molar-refractivity contribution in [1.82, 2.24) is 10.2 Å². The SMILES string of the molecule is CC1NC(=O)C(C)(C)N(CC2CC2)C1=O. The lowest BCUT2D eigenvalue weighted by molar-refractivity contribution is -0.155. The topological polar surface area (TPSA) is 49.4 Å². The standard InChI is InChI=1S/C11H18N2O2/c1-7-9(14)13(6-8-4-5-8)11(2,3)10(15)12-7/h7-8H,4-6H2,1-3H3,(H,12,15). The van der Waals surface area contributed by atoms with Gasteiger partial charge in [0.1, 0.15) is 11.6 Å². The maximum Gasteiger partial charge on any atom is 0.246 e. The van der Waals surface area contributed by atoms with Gasteiger partial charge in [0.25, 0.3) is 0 Å². The molecule has 2 rings (SSSR count). The predicted molar refractivity (Wildman–Crippen MR) is 56.1 cm³/mol. The molecule has 1 aliphatic carbocycles. The smallest absolute Gasteiger partial charge is 0.246 e. The summed E-state index contributed by atoms with van der Waals surface area (Å²) in [6.45, 7) is 6.11. The van der Waals surface area contributed by atoms with Crippen molar-refractivity contribution < 1.29 is 9.59 Å². The van der Waals surface area contributed by atoms with Gasteiger partial charge in [-0.25, -0.2) is 0 Å². The molecule has 84 valence electrons. The molecule has 2 amide bonds. The Morgan fingerprint density at radius 1 is 1.40 bits per heavy atom. The van der Waals surface area contributed by atoms with Crippen LogP contribution in [0.25, 0.3) is 0 Å². The van der Waals surface area contributed by atoms with E-state index in [2.05, 4.69) is 5.32 Å². The zero-order valence-corrected chi connectivity index (χ0v) is 9.54. The summed E-state index contributed by atoms with van der Waals surface area (Å²) in [5.74, 6) is 0.619. The summed E-state index contributed by atoms with van der Waals surface area (Å²) in [4.78, 5) is 25.5. The number of carbonyl (C=O) groups excluding carboxylic acids is 2. The van der Waals surface area contributed by atoms with Crippen molar-refractivity contribution in [2.24, 2.45) is 5.92 Å². The van der Waals surface area contributed by atoms with Crippen molar-refractivity contribution in [1.29, 1.82) is 0 Å². The van der Waals surface area contributed by atoms with Crippen LogP contribution >= 0.6 is 0 Å². The normalized spacial score (nSPS) is 30.3. The molecule has 0 aromatic carbocycles. The summed E-state index contributed by atoms with van der Waals surface area (Å²) in [5.41, 5.74) is -0.688. The fourth-order valence-electron chi connectivity index (χ4n) is 1.94. The maximum atomic E-state index is 12.0. The lowest BCUT2D eigenvalue weighted by Gasteiger charge is -2.43. The van der Waals surface area contributed by atoms with E-state index in [1.54, 1.807) is 11.8 Å². The van der Waals surface area contributed by atoms with Gasteiger partial charge in [0.15, 0.2) is 0 Å². The van der Waals surface area contributed by atoms with Crippen LogP contribution in [0.4, 0.5) is 0 Å². The van der Waals surface area contributed by atoms with Crippen LogP contribution in [-0.4, -0.2) is 34.8 Å². The molecule has 1 saturated carbocycles. The van der Waals surface area contributed by atoms with Gasteiger partial charge in [-0.05, 0) is 39.5 Å². The minimum atomic E-state index is -0.688. The lowest BCUT2D eigenvalue weighted by atomic mass is 9.95. The second-order valence-corrected chi connectivity index (χ2v) is 5.15. The summed E-state index contributed by atoms with van der Waals surface area (Å²) in [6, 6.07) is -0.371. The Bertz CT molecular complexity index is 308. The molecule has 0 aromatic heterocycles. The molecule has 4 heteroatoms. The van der Waals surface area contributed by atoms with E-state index < -0.39 is 5.54 Å². The Morgan fingerprint density at radius 2 is 2.00 bits per heavy atom. The highest BCUT2D eigenvalue weighted by Crippen LogP contribution is 2.33. The number of nitrogens with one attached hydrogen (secondary N) is 1. The third-order valence-corrected chi connectivity index (χ3v) is 3.35. The Morgan fingerprint density at radius 3 is 2.53 bits per heavy atom. The molecule has 4 nitrogen and oxygen atoms in total. The molecule has 2 fully saturated rings. The highest BCUT2D eigenvalue weighted by Gasteiger charge is 2.46. The molecule has 2 aliphatic rings. The van der Waals surface area contributed by atoms with Crippen LogP contribution in [0.15, 0.2) is 0 Å². The van der Waals surface area contributed by atoms with Gasteiger partial charge in [-0.15, -0.1) is 0 Å². The van der Waals surface area contributed by atoms with Crippen LogP contribution in [0.5, 0.6) is 0 Å². The zero-order valence-electron chi connectivity index (χ0n) is 9.54. The largest absolute Gasteiger partial charge is 0.343 e. The molecule has 1 atom stereocenters. The number of nitrogens with zero attached hydrogens (tertiary/aromatic N) is 1. The van der Waals surface area contributed by atoms with Crippen LogP contribution in [0.3, 0.4) is 0 Å². The van der Waals surface area contributed by atoms with Crippen LogP contribution in [-0.2, 0) is 9.59 Å². The number of hydrogen-bond acceptors (Lipinski definition) is 2. The molecular weight excluding hydrogens is 192 g/mol. The summed E-state index contributed by atoms with van der Waals surface area (Å²) >= 11 is 0. The maximum absolute atomic E-state index is 12.0. The van der Waals surface area contributed by atoms with Gasteiger partial charge in [0, 0.05) is 6.54 Å². The van der Waals surface area contributed by atoms with Gasteiger partial charge in [-0.1, -0.05) is 0 Å². The third kappa shape index (κ3) is 1.73. The van der Waals surface area contributed by atoms with Gasteiger partial charge < -0.3 is 10.2 Å². The quantitative estimate of drug-likeness (QED) is 0.722. The van der Waals surface area contributed by atoms with E-state index >= 15 is 0 Å². The molecule has 0 bridgehead atoms. The van der Waals surface area contributed by atoms with Crippen LogP contribution in [0, 0.1) is 5.92 Å². The molecule has 0 spiro atoms. The van der Waals surface area contributed by atoms with Crippen molar-refractivity contribution in [3.8, 4) is 0 Å². The number of carbonyl (C=O) groups is 2. The van der Waals surface area contributed by atoms with Gasteiger partial charge in [-0.2, -0.15) is 0 Å². The van der Waals surface area contributed by atoms with Crippen molar-refractivity contribution >= 4 is 11.8 Å². The van der Waals surface area contributed by atoms with E-state index in [9.17, 15) is 9.59 Å². The Hall–Kier alpha value is -1.06. The fraction of sp³-hybridized carbons (Fsp3) is 0.818. The first-order chi connectivity index (χ1) is 6.93. The van der Waals surface area contributed by atoms with Crippen molar-refractivity contribution in [3.05, 3.63) is 0 Å². The molecule has 15 heavy (non-hydrogen) atoms. The van der Waals surface area contributed by atoms with Gasteiger partial charge in [0.05, 0.1) is 0 Å². The fourth-order valence-corrected chi connectivity index (χ4v) is 1.94. The molecule has 1 aliphatic heterocycles. The average molecular weight is 210 g/mol. The Labute approximate surface area is 90.0 Å². The van der Waals surface area contributed by atoms with Gasteiger partial charge in [-0.3, -0.25) is 9.59 Å². The first-order valence-corrected chi connectivity index (χ1v) is 5.55. The van der Waals surface area contributed by atoms with Gasteiger partial charge >= 0.3 is 0 Å². The van der Waals surface area contributed by atoms with Gasteiger partial charge in [0.2, 0.25) is 11.8 Å². The number of rotatable bonds is 2. The molecule has 0 radical (unpaired) electrons. The summed E-state index contributed by atoms with van der Waals surface area (Å²) < 4.78 is 0. The van der Waals surface area contributed by atoms with Crippen LogP contribution in [0.2, 0.25) is 0 Å². The molecule has 1 saturated heterocycles. The van der Waals surface area contributed by atoms with E-state index in [1.165, 1.54) is 12.8 Å². The van der Waals surface area contributed by atoms with Crippen molar-refractivity contribution in [2.75, 3.05) is 6.54 Å². The molecule has 1 heterocycles. The zero-order chi connectivity index (χ0) is 11.2. The first kappa shape index (κ1) is 10.5. The van der Waals surface area contributed by atoms with E-state index in [-0.39, 0.29) is 17.9 Å². The van der Waals surface area contributed by atoms with E-state index in [1.807, 2.05) is 13.8 Å².